The average Bonchev–Trinajstić information content (AvgIpc) is 3.39. The number of halogens is 1. The van der Waals surface area contributed by atoms with E-state index in [9.17, 15) is 14.4 Å². The number of esters is 1. The zero-order chi connectivity index (χ0) is 28.1. The first-order valence-corrected chi connectivity index (χ1v) is 14.6. The summed E-state index contributed by atoms with van der Waals surface area (Å²) in [6.07, 6.45) is 1.61. The van der Waals surface area contributed by atoms with Gasteiger partial charge in [0.05, 0.1) is 12.7 Å². The van der Waals surface area contributed by atoms with Crippen molar-refractivity contribution in [1.82, 2.24) is 9.80 Å². The highest BCUT2D eigenvalue weighted by Crippen LogP contribution is 2.39. The molecule has 3 aromatic carbocycles. The van der Waals surface area contributed by atoms with Crippen molar-refractivity contribution in [2.45, 2.75) is 37.8 Å². The zero-order valence-corrected chi connectivity index (χ0v) is 23.9. The summed E-state index contributed by atoms with van der Waals surface area (Å²) < 4.78 is 5.86. The number of benzene rings is 3. The van der Waals surface area contributed by atoms with Crippen molar-refractivity contribution in [3.63, 3.8) is 0 Å². The van der Waals surface area contributed by atoms with E-state index < -0.39 is 5.54 Å². The van der Waals surface area contributed by atoms with Crippen LogP contribution in [0.3, 0.4) is 0 Å². The molecule has 0 aliphatic carbocycles. The molecule has 40 heavy (non-hydrogen) atoms. The third-order valence-corrected chi connectivity index (χ3v) is 8.74. The number of fused-ring (bicyclic) bond motifs is 1. The fraction of sp³-hybridized carbons (Fsp3) is 0.281. The van der Waals surface area contributed by atoms with E-state index >= 15 is 0 Å². The highest BCUT2D eigenvalue weighted by atomic mass is 35.5. The predicted octanol–water partition coefficient (Wildman–Crippen LogP) is 6.36. The smallest absolute Gasteiger partial charge is 0.305 e. The van der Waals surface area contributed by atoms with Gasteiger partial charge < -0.3 is 14.5 Å². The van der Waals surface area contributed by atoms with E-state index in [-0.39, 0.29) is 24.2 Å². The van der Waals surface area contributed by atoms with E-state index in [1.807, 2.05) is 78.2 Å². The summed E-state index contributed by atoms with van der Waals surface area (Å²) in [6, 6.07) is 25.1. The second-order valence-corrected chi connectivity index (χ2v) is 11.4. The number of carbonyl (C=O) groups excluding carboxylic acids is 3. The predicted molar refractivity (Wildman–Crippen MR) is 158 cm³/mol. The fourth-order valence-electron chi connectivity index (χ4n) is 5.41. The molecule has 1 unspecified atom stereocenters. The number of hydrogen-bond acceptors (Lipinski definition) is 5. The Bertz CT molecular complexity index is 1520. The highest BCUT2D eigenvalue weighted by Gasteiger charge is 2.55. The molecule has 0 N–H and O–H groups in total. The van der Waals surface area contributed by atoms with Crippen molar-refractivity contribution >= 4 is 50.8 Å². The van der Waals surface area contributed by atoms with Crippen LogP contribution in [0.1, 0.15) is 40.7 Å². The number of methoxy groups -OCH3 is 1. The maximum Gasteiger partial charge on any atom is 0.305 e. The monoisotopic (exact) mass is 574 g/mol. The summed E-state index contributed by atoms with van der Waals surface area (Å²) in [5.41, 5.74) is 1.46. The molecule has 1 saturated heterocycles. The van der Waals surface area contributed by atoms with Crippen LogP contribution < -0.4 is 0 Å². The maximum atomic E-state index is 14.6. The minimum Gasteiger partial charge on any atom is -0.469 e. The molecule has 5 rings (SSSR count). The maximum absolute atomic E-state index is 14.6. The van der Waals surface area contributed by atoms with Gasteiger partial charge in [0.1, 0.15) is 5.54 Å². The van der Waals surface area contributed by atoms with Crippen LogP contribution in [0.4, 0.5) is 0 Å². The van der Waals surface area contributed by atoms with Crippen LogP contribution in [0.5, 0.6) is 0 Å². The fourth-order valence-corrected chi connectivity index (χ4v) is 6.56. The molecule has 1 fully saturated rings. The first-order chi connectivity index (χ1) is 19.4. The molecule has 4 aromatic rings. The molecule has 1 aromatic heterocycles. The molecule has 2 amide bonds. The van der Waals surface area contributed by atoms with E-state index in [4.69, 9.17) is 16.3 Å². The Labute approximate surface area is 243 Å². The lowest BCUT2D eigenvalue weighted by atomic mass is 9.77. The SMILES string of the molecule is COC(=O)CCCN(Cc1cccc(Cl)c1)C(=O)C1(Cc2ccccc2)CCN1C(=O)c1csc2ccccc12. The summed E-state index contributed by atoms with van der Waals surface area (Å²) in [5, 5.41) is 3.38. The van der Waals surface area contributed by atoms with Crippen LogP contribution in [-0.4, -0.2) is 53.3 Å². The number of ether oxygens (including phenoxy) is 1. The third kappa shape index (κ3) is 5.76. The zero-order valence-electron chi connectivity index (χ0n) is 22.3. The van der Waals surface area contributed by atoms with Crippen molar-refractivity contribution in [2.24, 2.45) is 0 Å². The Kier molecular flexibility index (Phi) is 8.52. The topological polar surface area (TPSA) is 66.9 Å². The molecule has 1 aliphatic rings. The summed E-state index contributed by atoms with van der Waals surface area (Å²) in [4.78, 5) is 44.1. The first-order valence-electron chi connectivity index (χ1n) is 13.3. The van der Waals surface area contributed by atoms with E-state index in [2.05, 4.69) is 0 Å². The minimum atomic E-state index is -1.04. The van der Waals surface area contributed by atoms with Crippen molar-refractivity contribution < 1.29 is 19.1 Å². The van der Waals surface area contributed by atoms with Crippen LogP contribution in [0.25, 0.3) is 10.1 Å². The number of amides is 2. The van der Waals surface area contributed by atoms with Gasteiger partial charge in [-0.2, -0.15) is 0 Å². The van der Waals surface area contributed by atoms with Gasteiger partial charge in [0.2, 0.25) is 5.91 Å². The minimum absolute atomic E-state index is 0.125. The first kappa shape index (κ1) is 27.9. The number of hydrogen-bond donors (Lipinski definition) is 0. The quantitative estimate of drug-likeness (QED) is 0.207. The van der Waals surface area contributed by atoms with Gasteiger partial charge in [0.25, 0.3) is 5.91 Å². The Morgan fingerprint density at radius 3 is 2.48 bits per heavy atom. The Morgan fingerprint density at radius 1 is 1.00 bits per heavy atom. The van der Waals surface area contributed by atoms with Crippen LogP contribution in [-0.2, 0) is 27.3 Å². The van der Waals surface area contributed by atoms with E-state index in [1.54, 1.807) is 15.9 Å². The van der Waals surface area contributed by atoms with Gasteiger partial charge in [-0.05, 0) is 42.2 Å². The number of carbonyl (C=O) groups is 3. The van der Waals surface area contributed by atoms with Gasteiger partial charge in [0.15, 0.2) is 0 Å². The number of thiophene rings is 1. The van der Waals surface area contributed by atoms with Crippen molar-refractivity contribution in [1.29, 1.82) is 0 Å². The molecule has 6 nitrogen and oxygen atoms in total. The molecule has 0 spiro atoms. The lowest BCUT2D eigenvalue weighted by Crippen LogP contribution is -2.70. The standard InChI is InChI=1S/C32H31ClN2O4S/c1-39-29(36)15-8-17-34(21-24-11-7-12-25(33)19-24)31(38)32(20-23-9-3-2-4-10-23)16-18-35(32)30(37)27-22-40-28-14-6-5-13-26(27)28/h2-7,9-14,19,22H,8,15-18,20-21H2,1H3. The second kappa shape index (κ2) is 12.2. The lowest BCUT2D eigenvalue weighted by molar-refractivity contribution is -0.152. The van der Waals surface area contributed by atoms with E-state index in [0.29, 0.717) is 49.5 Å². The Morgan fingerprint density at radius 2 is 1.75 bits per heavy atom. The number of likely N-dealkylation sites (tertiary alicyclic amines) is 1. The van der Waals surface area contributed by atoms with E-state index in [1.165, 1.54) is 18.4 Å². The van der Waals surface area contributed by atoms with Crippen molar-refractivity contribution in [3.05, 3.63) is 106 Å². The largest absolute Gasteiger partial charge is 0.469 e. The van der Waals surface area contributed by atoms with Crippen LogP contribution in [0.15, 0.2) is 84.2 Å². The third-order valence-electron chi connectivity index (χ3n) is 7.55. The van der Waals surface area contributed by atoms with E-state index in [0.717, 1.165) is 21.2 Å². The van der Waals surface area contributed by atoms with Crippen molar-refractivity contribution in [3.8, 4) is 0 Å². The van der Waals surface area contributed by atoms with Gasteiger partial charge in [-0.3, -0.25) is 14.4 Å². The molecular weight excluding hydrogens is 544 g/mol. The summed E-state index contributed by atoms with van der Waals surface area (Å²) in [6.45, 7) is 1.16. The average molecular weight is 575 g/mol. The normalized spacial score (nSPS) is 16.4. The van der Waals surface area contributed by atoms with Gasteiger partial charge in [-0.15, -0.1) is 11.3 Å². The van der Waals surface area contributed by atoms with Crippen LogP contribution in [0, 0.1) is 0 Å². The second-order valence-electron chi connectivity index (χ2n) is 10.1. The molecule has 0 bridgehead atoms. The molecule has 8 heteroatoms. The summed E-state index contributed by atoms with van der Waals surface area (Å²) >= 11 is 7.79. The van der Waals surface area contributed by atoms with Gasteiger partial charge in [0, 0.05) is 53.0 Å². The molecule has 206 valence electrons. The Balaban J connectivity index is 1.50. The number of rotatable bonds is 10. The molecule has 1 aliphatic heterocycles. The molecule has 0 saturated carbocycles. The van der Waals surface area contributed by atoms with Crippen LogP contribution in [0.2, 0.25) is 5.02 Å². The molecule has 1 atom stereocenters. The van der Waals surface area contributed by atoms with Gasteiger partial charge in [-0.1, -0.05) is 72.3 Å². The van der Waals surface area contributed by atoms with Gasteiger partial charge >= 0.3 is 5.97 Å². The highest BCUT2D eigenvalue weighted by molar-refractivity contribution is 7.17. The van der Waals surface area contributed by atoms with Crippen LogP contribution >= 0.6 is 22.9 Å². The number of nitrogens with zero attached hydrogens (tertiary/aromatic N) is 2. The molecule has 2 heterocycles. The lowest BCUT2D eigenvalue weighted by Gasteiger charge is -2.53. The molecular formula is C32H31ClN2O4S. The summed E-state index contributed by atoms with van der Waals surface area (Å²) in [5.74, 6) is -0.579. The Hall–Kier alpha value is -3.68. The van der Waals surface area contributed by atoms with Gasteiger partial charge in [-0.25, -0.2) is 0 Å². The van der Waals surface area contributed by atoms with Crippen molar-refractivity contribution in [2.75, 3.05) is 20.2 Å². The molecule has 0 radical (unpaired) electrons. The summed E-state index contributed by atoms with van der Waals surface area (Å²) in [7, 11) is 1.36.